The van der Waals surface area contributed by atoms with Crippen molar-refractivity contribution in [1.29, 1.82) is 0 Å². The smallest absolute Gasteiger partial charge is 0.266 e. The number of anilines is 1. The van der Waals surface area contributed by atoms with Gasteiger partial charge in [0.15, 0.2) is 5.16 Å². The van der Waals surface area contributed by atoms with Gasteiger partial charge in [0.2, 0.25) is 5.91 Å². The first kappa shape index (κ1) is 21.8. The number of hydrogen-bond acceptors (Lipinski definition) is 4. The summed E-state index contributed by atoms with van der Waals surface area (Å²) in [7, 11) is 0. The largest absolute Gasteiger partial charge is 0.324 e. The van der Waals surface area contributed by atoms with Crippen LogP contribution in [0.5, 0.6) is 0 Å². The minimum Gasteiger partial charge on any atom is -0.324 e. The highest BCUT2D eigenvalue weighted by Gasteiger charge is 2.16. The Morgan fingerprint density at radius 2 is 1.81 bits per heavy atom. The molecule has 0 unspecified atom stereocenters. The molecule has 8 heteroatoms. The van der Waals surface area contributed by atoms with E-state index in [0.717, 1.165) is 20.2 Å². The van der Waals surface area contributed by atoms with Gasteiger partial charge in [0.1, 0.15) is 0 Å². The second kappa shape index (κ2) is 9.38. The van der Waals surface area contributed by atoms with E-state index in [4.69, 9.17) is 4.98 Å². The molecular weight excluding hydrogens is 542 g/mol. The molecule has 31 heavy (non-hydrogen) atoms. The highest BCUT2D eigenvalue weighted by molar-refractivity contribution is 9.11. The van der Waals surface area contributed by atoms with Gasteiger partial charge in [0, 0.05) is 8.95 Å². The molecule has 0 bridgehead atoms. The van der Waals surface area contributed by atoms with Crippen molar-refractivity contribution in [1.82, 2.24) is 9.55 Å². The topological polar surface area (TPSA) is 64.0 Å². The number of hydrogen-bond donors (Lipinski definition) is 1. The molecule has 0 aliphatic carbocycles. The lowest BCUT2D eigenvalue weighted by Gasteiger charge is -2.15. The number of nitrogens with one attached hydrogen (secondary N) is 1. The molecule has 0 atom stereocenters. The molecule has 4 rings (SSSR count). The van der Waals surface area contributed by atoms with Crippen molar-refractivity contribution in [2.45, 2.75) is 12.1 Å². The fraction of sp³-hybridized carbons (Fsp3) is 0.0870. The van der Waals surface area contributed by atoms with Crippen LogP contribution in [-0.2, 0) is 4.79 Å². The van der Waals surface area contributed by atoms with Crippen LogP contribution in [0.25, 0.3) is 16.6 Å². The van der Waals surface area contributed by atoms with Crippen molar-refractivity contribution in [2.75, 3.05) is 11.1 Å². The summed E-state index contributed by atoms with van der Waals surface area (Å²) in [5, 5.41) is 3.90. The van der Waals surface area contributed by atoms with Crippen LogP contribution in [0.15, 0.2) is 85.6 Å². The molecule has 0 fully saturated rings. The first-order valence-electron chi connectivity index (χ1n) is 9.39. The average molecular weight is 559 g/mol. The number of rotatable bonds is 5. The van der Waals surface area contributed by atoms with Crippen LogP contribution < -0.4 is 10.9 Å². The Morgan fingerprint density at radius 1 is 1.06 bits per heavy atom. The normalized spacial score (nSPS) is 10.9. The fourth-order valence-electron chi connectivity index (χ4n) is 3.14. The van der Waals surface area contributed by atoms with Crippen molar-refractivity contribution < 1.29 is 4.79 Å². The van der Waals surface area contributed by atoms with Gasteiger partial charge in [-0.15, -0.1) is 0 Å². The van der Waals surface area contributed by atoms with Crippen molar-refractivity contribution in [3.05, 3.63) is 91.6 Å². The third-order valence-corrected chi connectivity index (χ3v) is 6.73. The molecule has 1 N–H and O–H groups in total. The summed E-state index contributed by atoms with van der Waals surface area (Å²) < 4.78 is 3.28. The maximum atomic E-state index is 13.3. The van der Waals surface area contributed by atoms with Crippen LogP contribution in [0.3, 0.4) is 0 Å². The van der Waals surface area contributed by atoms with Crippen molar-refractivity contribution >= 4 is 66.1 Å². The van der Waals surface area contributed by atoms with Crippen molar-refractivity contribution in [2.24, 2.45) is 0 Å². The van der Waals surface area contributed by atoms with Gasteiger partial charge in [-0.1, -0.05) is 58.0 Å². The van der Waals surface area contributed by atoms with E-state index in [1.807, 2.05) is 67.6 Å². The molecule has 0 radical (unpaired) electrons. The standard InChI is InChI=1S/C23H17Br2N3O2S/c1-14-6-2-5-9-20(14)28-22(30)16-7-3-4-8-18(16)27-23(28)31-13-21(29)26-19-11-10-15(24)12-17(19)25/h2-12H,13H2,1H3,(H,26,29). The molecule has 4 aromatic rings. The van der Waals surface area contributed by atoms with E-state index >= 15 is 0 Å². The number of para-hydroxylation sites is 2. The second-order valence-electron chi connectivity index (χ2n) is 6.80. The Kier molecular flexibility index (Phi) is 6.60. The lowest BCUT2D eigenvalue weighted by Crippen LogP contribution is -2.23. The van der Waals surface area contributed by atoms with Gasteiger partial charge in [-0.05, 0) is 64.8 Å². The first-order chi connectivity index (χ1) is 14.9. The monoisotopic (exact) mass is 557 g/mol. The second-order valence-corrected chi connectivity index (χ2v) is 9.51. The average Bonchev–Trinajstić information content (AvgIpc) is 2.75. The Labute approximate surface area is 200 Å². The Bertz CT molecular complexity index is 1350. The van der Waals surface area contributed by atoms with Gasteiger partial charge >= 0.3 is 0 Å². The summed E-state index contributed by atoms with van der Waals surface area (Å²) in [5.74, 6) is -0.0779. The molecule has 0 saturated heterocycles. The molecule has 0 aliphatic rings. The number of halogens is 2. The zero-order valence-electron chi connectivity index (χ0n) is 16.4. The Morgan fingerprint density at radius 3 is 2.58 bits per heavy atom. The highest BCUT2D eigenvalue weighted by atomic mass is 79.9. The lowest BCUT2D eigenvalue weighted by molar-refractivity contribution is -0.113. The number of carbonyl (C=O) groups is 1. The van der Waals surface area contributed by atoms with Gasteiger partial charge in [-0.2, -0.15) is 0 Å². The van der Waals surface area contributed by atoms with Gasteiger partial charge < -0.3 is 5.32 Å². The summed E-state index contributed by atoms with van der Waals surface area (Å²) in [6, 6.07) is 20.4. The molecule has 5 nitrogen and oxygen atoms in total. The van der Waals surface area contributed by atoms with Gasteiger partial charge in [-0.25, -0.2) is 4.98 Å². The first-order valence-corrected chi connectivity index (χ1v) is 12.0. The molecule has 1 amide bonds. The van der Waals surface area contributed by atoms with Crippen LogP contribution in [0.1, 0.15) is 5.56 Å². The van der Waals surface area contributed by atoms with E-state index in [2.05, 4.69) is 37.2 Å². The van der Waals surface area contributed by atoms with Crippen LogP contribution >= 0.6 is 43.6 Å². The van der Waals surface area contributed by atoms with Crippen LogP contribution in [0, 0.1) is 6.92 Å². The summed E-state index contributed by atoms with van der Waals surface area (Å²) in [6.45, 7) is 1.95. The van der Waals surface area contributed by atoms with Crippen LogP contribution in [-0.4, -0.2) is 21.2 Å². The predicted molar refractivity (Wildman–Crippen MR) is 133 cm³/mol. The maximum Gasteiger partial charge on any atom is 0.266 e. The number of aryl methyl sites for hydroxylation is 1. The fourth-order valence-corrected chi connectivity index (χ4v) is 5.09. The zero-order valence-corrected chi connectivity index (χ0v) is 20.4. The molecule has 1 heterocycles. The molecule has 0 saturated carbocycles. The minimum absolute atomic E-state index is 0.110. The molecule has 0 spiro atoms. The number of aromatic nitrogens is 2. The molecular formula is C23H17Br2N3O2S. The summed E-state index contributed by atoms with van der Waals surface area (Å²) in [4.78, 5) is 30.6. The Hall–Kier alpha value is -2.42. The number of fused-ring (bicyclic) bond motifs is 1. The SMILES string of the molecule is Cc1ccccc1-n1c(SCC(=O)Nc2ccc(Br)cc2Br)nc2ccccc2c1=O. The van der Waals surface area contributed by atoms with Crippen molar-refractivity contribution in [3.8, 4) is 5.69 Å². The van der Waals surface area contributed by atoms with E-state index in [-0.39, 0.29) is 17.2 Å². The highest BCUT2D eigenvalue weighted by Crippen LogP contribution is 2.27. The van der Waals surface area contributed by atoms with E-state index in [0.29, 0.717) is 21.7 Å². The number of benzene rings is 3. The molecule has 0 aliphatic heterocycles. The minimum atomic E-state index is -0.188. The number of nitrogens with zero attached hydrogens (tertiary/aromatic N) is 2. The molecule has 156 valence electrons. The summed E-state index contributed by atoms with van der Waals surface area (Å²) in [5.41, 5.74) is 2.84. The van der Waals surface area contributed by atoms with E-state index < -0.39 is 0 Å². The third kappa shape index (κ3) is 4.76. The quantitative estimate of drug-likeness (QED) is 0.243. The van der Waals surface area contributed by atoms with Gasteiger partial charge in [0.05, 0.1) is 28.0 Å². The van der Waals surface area contributed by atoms with Crippen LogP contribution in [0.2, 0.25) is 0 Å². The van der Waals surface area contributed by atoms with E-state index in [1.54, 1.807) is 10.6 Å². The zero-order chi connectivity index (χ0) is 22.0. The molecule has 1 aromatic heterocycles. The summed E-state index contributed by atoms with van der Waals surface area (Å²) >= 11 is 8.08. The van der Waals surface area contributed by atoms with E-state index in [1.165, 1.54) is 11.8 Å². The summed E-state index contributed by atoms with van der Waals surface area (Å²) in [6.07, 6.45) is 0. The maximum absolute atomic E-state index is 13.3. The van der Waals surface area contributed by atoms with Gasteiger partial charge in [0.25, 0.3) is 5.56 Å². The Balaban J connectivity index is 1.68. The number of carbonyl (C=O) groups excluding carboxylic acids is 1. The predicted octanol–water partition coefficient (Wildman–Crippen LogP) is 5.95. The third-order valence-electron chi connectivity index (χ3n) is 4.64. The van der Waals surface area contributed by atoms with Crippen molar-refractivity contribution in [3.63, 3.8) is 0 Å². The molecule has 3 aromatic carbocycles. The van der Waals surface area contributed by atoms with E-state index in [9.17, 15) is 9.59 Å². The number of amides is 1. The van der Waals surface area contributed by atoms with Gasteiger partial charge in [-0.3, -0.25) is 14.2 Å². The number of thioether (sulfide) groups is 1. The van der Waals surface area contributed by atoms with Crippen LogP contribution in [0.4, 0.5) is 5.69 Å². The lowest BCUT2D eigenvalue weighted by atomic mass is 10.2.